The second-order valence-corrected chi connectivity index (χ2v) is 8.59. The molecule has 3 rings (SSSR count). The first-order valence-corrected chi connectivity index (χ1v) is 11.5. The molecule has 0 aliphatic carbocycles. The summed E-state index contributed by atoms with van der Waals surface area (Å²) in [4.78, 5) is 4.44. The molecule has 1 atom stereocenters. The minimum Gasteiger partial charge on any atom is -0.496 e. The van der Waals surface area contributed by atoms with Gasteiger partial charge in [-0.1, -0.05) is 48.0 Å². The predicted molar refractivity (Wildman–Crippen MR) is 147 cm³/mol. The van der Waals surface area contributed by atoms with Gasteiger partial charge in [0.25, 0.3) is 0 Å². The smallest absolute Gasteiger partial charge is 0.191 e. The summed E-state index contributed by atoms with van der Waals surface area (Å²) in [6.45, 7) is 7.46. The lowest BCUT2D eigenvalue weighted by Crippen LogP contribution is -2.58. The highest BCUT2D eigenvalue weighted by Crippen LogP contribution is 2.25. The summed E-state index contributed by atoms with van der Waals surface area (Å²) < 4.78 is 11.2. The Morgan fingerprint density at radius 2 is 1.85 bits per heavy atom. The fourth-order valence-electron chi connectivity index (χ4n) is 4.31. The van der Waals surface area contributed by atoms with Crippen LogP contribution < -0.4 is 20.7 Å². The Bertz CT molecular complexity index is 870. The molecule has 3 N–H and O–H groups in total. The summed E-state index contributed by atoms with van der Waals surface area (Å²) in [6.07, 6.45) is 2.80. The van der Waals surface area contributed by atoms with Crippen LogP contribution in [0.4, 0.5) is 0 Å². The molecule has 0 aromatic heterocycles. The number of methoxy groups -OCH3 is 1. The van der Waals surface area contributed by atoms with Gasteiger partial charge in [-0.05, 0) is 50.3 Å². The number of halogens is 1. The van der Waals surface area contributed by atoms with Crippen LogP contribution in [0, 0.1) is 6.92 Å². The van der Waals surface area contributed by atoms with E-state index in [1.807, 2.05) is 13.1 Å². The average molecular weight is 567 g/mol. The maximum atomic E-state index is 5.67. The second-order valence-electron chi connectivity index (χ2n) is 8.59. The number of ether oxygens (including phenoxy) is 2. The van der Waals surface area contributed by atoms with Crippen molar-refractivity contribution in [3.8, 4) is 5.75 Å². The summed E-state index contributed by atoms with van der Waals surface area (Å²) in [6, 6.07) is 17.2. The Labute approximate surface area is 216 Å². The molecule has 0 bridgehead atoms. The van der Waals surface area contributed by atoms with Gasteiger partial charge < -0.3 is 25.4 Å². The number of aryl methyl sites for hydroxylation is 1. The quantitative estimate of drug-likeness (QED) is 0.241. The first kappa shape index (κ1) is 27.4. The lowest BCUT2D eigenvalue weighted by atomic mass is 9.88. The Hall–Kier alpha value is -1.84. The van der Waals surface area contributed by atoms with Gasteiger partial charge in [-0.25, -0.2) is 0 Å². The van der Waals surface area contributed by atoms with E-state index in [0.29, 0.717) is 0 Å². The molecule has 6 nitrogen and oxygen atoms in total. The highest BCUT2D eigenvalue weighted by atomic mass is 127. The standard InChI is InChI=1S/C26H38N4O2.HI/c1-20-10-11-24(31-4)23(18-20)12-15-28-25(27-3)29-19-26(13-16-32-17-14-26)30-21(2)22-8-6-5-7-9-22;/h5-11,18,21,30H,12-17,19H2,1-4H3,(H2,27,28,29);1H. The molecule has 0 spiro atoms. The van der Waals surface area contributed by atoms with Gasteiger partial charge in [0.05, 0.1) is 7.11 Å². The van der Waals surface area contributed by atoms with E-state index in [1.54, 1.807) is 7.11 Å². The summed E-state index contributed by atoms with van der Waals surface area (Å²) in [5.74, 6) is 1.75. The van der Waals surface area contributed by atoms with Crippen LogP contribution in [0.15, 0.2) is 53.5 Å². The summed E-state index contributed by atoms with van der Waals surface area (Å²) >= 11 is 0. The van der Waals surface area contributed by atoms with Crippen LogP contribution in [-0.4, -0.2) is 52.0 Å². The summed E-state index contributed by atoms with van der Waals surface area (Å²) in [5.41, 5.74) is 3.70. The SMILES string of the molecule is CN=C(NCCc1cc(C)ccc1OC)NCC1(NC(C)c2ccccc2)CCOCC1.I. The molecule has 182 valence electrons. The monoisotopic (exact) mass is 566 g/mol. The Kier molecular flexibility index (Phi) is 11.4. The highest BCUT2D eigenvalue weighted by Gasteiger charge is 2.34. The Morgan fingerprint density at radius 1 is 1.12 bits per heavy atom. The van der Waals surface area contributed by atoms with E-state index in [1.165, 1.54) is 16.7 Å². The van der Waals surface area contributed by atoms with Crippen molar-refractivity contribution in [1.29, 1.82) is 0 Å². The number of nitrogens with one attached hydrogen (secondary N) is 3. The molecule has 2 aromatic carbocycles. The van der Waals surface area contributed by atoms with Crippen LogP contribution in [0.25, 0.3) is 0 Å². The van der Waals surface area contributed by atoms with Crippen LogP contribution in [0.1, 0.15) is 42.5 Å². The molecule has 1 heterocycles. The van der Waals surface area contributed by atoms with Gasteiger partial charge in [0, 0.05) is 44.9 Å². The van der Waals surface area contributed by atoms with Gasteiger partial charge in [-0.3, -0.25) is 4.99 Å². The maximum Gasteiger partial charge on any atom is 0.191 e. The number of guanidine groups is 1. The second kappa shape index (κ2) is 13.8. The van der Waals surface area contributed by atoms with E-state index in [2.05, 4.69) is 77.3 Å². The van der Waals surface area contributed by atoms with Crippen LogP contribution >= 0.6 is 24.0 Å². The fraction of sp³-hybridized carbons (Fsp3) is 0.500. The van der Waals surface area contributed by atoms with Gasteiger partial charge in [0.15, 0.2) is 5.96 Å². The summed E-state index contributed by atoms with van der Waals surface area (Å²) in [7, 11) is 3.54. The Balaban J connectivity index is 0.00000385. The molecule has 1 unspecified atom stereocenters. The highest BCUT2D eigenvalue weighted by molar-refractivity contribution is 14.0. The summed E-state index contributed by atoms with van der Waals surface area (Å²) in [5, 5.41) is 10.9. The third-order valence-corrected chi connectivity index (χ3v) is 6.21. The molecule has 1 saturated heterocycles. The lowest BCUT2D eigenvalue weighted by molar-refractivity contribution is 0.0355. The molecular weight excluding hydrogens is 527 g/mol. The van der Waals surface area contributed by atoms with E-state index in [9.17, 15) is 0 Å². The van der Waals surface area contributed by atoms with Crippen molar-refractivity contribution in [3.05, 3.63) is 65.2 Å². The number of benzene rings is 2. The number of hydrogen-bond donors (Lipinski definition) is 3. The lowest BCUT2D eigenvalue weighted by Gasteiger charge is -2.41. The van der Waals surface area contributed by atoms with E-state index < -0.39 is 0 Å². The van der Waals surface area contributed by atoms with E-state index in [4.69, 9.17) is 9.47 Å². The molecule has 0 radical (unpaired) electrons. The van der Waals surface area contributed by atoms with Crippen LogP contribution in [0.3, 0.4) is 0 Å². The van der Waals surface area contributed by atoms with Crippen LogP contribution in [-0.2, 0) is 11.2 Å². The van der Waals surface area contributed by atoms with Crippen molar-refractivity contribution < 1.29 is 9.47 Å². The molecule has 7 heteroatoms. The van der Waals surface area contributed by atoms with Gasteiger partial charge in [0.2, 0.25) is 0 Å². The van der Waals surface area contributed by atoms with Crippen molar-refractivity contribution >= 4 is 29.9 Å². The zero-order chi connectivity index (χ0) is 22.8. The minimum absolute atomic E-state index is 0. The van der Waals surface area contributed by atoms with Crippen molar-refractivity contribution in [2.45, 2.75) is 44.7 Å². The number of hydrogen-bond acceptors (Lipinski definition) is 4. The zero-order valence-electron chi connectivity index (χ0n) is 20.3. The molecule has 2 aromatic rings. The normalized spacial score (nSPS) is 16.4. The third-order valence-electron chi connectivity index (χ3n) is 6.21. The molecule has 33 heavy (non-hydrogen) atoms. The van der Waals surface area contributed by atoms with Gasteiger partial charge in [0.1, 0.15) is 5.75 Å². The van der Waals surface area contributed by atoms with Crippen LogP contribution in [0.2, 0.25) is 0 Å². The number of aliphatic imine (C=N–C) groups is 1. The van der Waals surface area contributed by atoms with Crippen molar-refractivity contribution in [2.75, 3.05) is 40.5 Å². The first-order chi connectivity index (χ1) is 15.5. The van der Waals surface area contributed by atoms with Crippen molar-refractivity contribution in [2.24, 2.45) is 4.99 Å². The van der Waals surface area contributed by atoms with Gasteiger partial charge >= 0.3 is 0 Å². The molecule has 1 aliphatic rings. The average Bonchev–Trinajstić information content (AvgIpc) is 2.82. The Morgan fingerprint density at radius 3 is 2.52 bits per heavy atom. The van der Waals surface area contributed by atoms with E-state index in [-0.39, 0.29) is 35.6 Å². The van der Waals surface area contributed by atoms with Crippen molar-refractivity contribution in [3.63, 3.8) is 0 Å². The van der Waals surface area contributed by atoms with Gasteiger partial charge in [-0.15, -0.1) is 24.0 Å². The molecule has 1 aliphatic heterocycles. The topological polar surface area (TPSA) is 66.9 Å². The number of nitrogens with zero attached hydrogens (tertiary/aromatic N) is 1. The number of rotatable bonds is 9. The third kappa shape index (κ3) is 8.15. The molecule has 0 saturated carbocycles. The zero-order valence-corrected chi connectivity index (χ0v) is 22.6. The minimum atomic E-state index is -0.0368. The van der Waals surface area contributed by atoms with E-state index in [0.717, 1.165) is 57.3 Å². The van der Waals surface area contributed by atoms with Gasteiger partial charge in [-0.2, -0.15) is 0 Å². The fourth-order valence-corrected chi connectivity index (χ4v) is 4.31. The maximum absolute atomic E-state index is 5.67. The largest absolute Gasteiger partial charge is 0.496 e. The van der Waals surface area contributed by atoms with Crippen LogP contribution in [0.5, 0.6) is 5.75 Å². The predicted octanol–water partition coefficient (Wildman–Crippen LogP) is 4.23. The van der Waals surface area contributed by atoms with Crippen molar-refractivity contribution in [1.82, 2.24) is 16.0 Å². The molecule has 0 amide bonds. The first-order valence-electron chi connectivity index (χ1n) is 11.5. The van der Waals surface area contributed by atoms with E-state index >= 15 is 0 Å². The molecular formula is C26H39IN4O2. The molecule has 1 fully saturated rings.